The smallest absolute Gasteiger partial charge is 0.00674 e. The average Bonchev–Trinajstić information content (AvgIpc) is 2.69. The van der Waals surface area contributed by atoms with Crippen molar-refractivity contribution in [2.24, 2.45) is 11.7 Å². The van der Waals surface area contributed by atoms with Crippen molar-refractivity contribution in [1.82, 2.24) is 0 Å². The fourth-order valence-corrected chi connectivity index (χ4v) is 1.68. The summed E-state index contributed by atoms with van der Waals surface area (Å²) in [5.41, 5.74) is 5.91. The van der Waals surface area contributed by atoms with Crippen LogP contribution in [-0.2, 0) is 0 Å². The Morgan fingerprint density at radius 2 is 2.30 bits per heavy atom. The van der Waals surface area contributed by atoms with E-state index < -0.39 is 0 Å². The predicted octanol–water partition coefficient (Wildman–Crippen LogP) is 1.87. The van der Waals surface area contributed by atoms with Gasteiger partial charge in [0.2, 0.25) is 0 Å². The first-order valence-corrected chi connectivity index (χ1v) is 5.48. The molecule has 2 N–H and O–H groups in total. The second-order valence-electron chi connectivity index (χ2n) is 3.14. The van der Waals surface area contributed by atoms with Crippen LogP contribution in [0.15, 0.2) is 0 Å². The molecule has 1 aliphatic carbocycles. The highest BCUT2D eigenvalue weighted by Crippen LogP contribution is 2.33. The lowest BCUT2D eigenvalue weighted by Crippen LogP contribution is -2.22. The highest BCUT2D eigenvalue weighted by atomic mass is 32.2. The minimum atomic E-state index is 0.521. The van der Waals surface area contributed by atoms with Gasteiger partial charge in [-0.1, -0.05) is 0 Å². The summed E-state index contributed by atoms with van der Waals surface area (Å²) in [6, 6.07) is 0.521. The molecule has 0 aliphatic heterocycles. The minimum Gasteiger partial charge on any atom is -0.327 e. The second kappa shape index (κ2) is 4.24. The zero-order chi connectivity index (χ0) is 7.40. The third-order valence-corrected chi connectivity index (χ3v) is 2.81. The van der Waals surface area contributed by atoms with Crippen molar-refractivity contribution in [3.63, 3.8) is 0 Å². The molecule has 0 saturated heterocycles. The van der Waals surface area contributed by atoms with Crippen LogP contribution >= 0.6 is 11.8 Å². The van der Waals surface area contributed by atoms with Crippen molar-refractivity contribution in [2.45, 2.75) is 31.7 Å². The molecule has 1 saturated carbocycles. The Balaban J connectivity index is 1.90. The summed E-state index contributed by atoms with van der Waals surface area (Å²) in [7, 11) is 0. The number of hydrogen-bond donors (Lipinski definition) is 1. The molecule has 1 atom stereocenters. The molecule has 1 rings (SSSR count). The zero-order valence-corrected chi connectivity index (χ0v) is 7.49. The molecule has 0 amide bonds. The first kappa shape index (κ1) is 8.41. The molecule has 1 unspecified atom stereocenters. The van der Waals surface area contributed by atoms with E-state index in [-0.39, 0.29) is 0 Å². The van der Waals surface area contributed by atoms with Crippen molar-refractivity contribution in [3.05, 3.63) is 0 Å². The fourth-order valence-electron chi connectivity index (χ4n) is 1.22. The van der Waals surface area contributed by atoms with E-state index in [4.69, 9.17) is 5.73 Å². The van der Waals surface area contributed by atoms with Crippen molar-refractivity contribution in [2.75, 3.05) is 12.0 Å². The van der Waals surface area contributed by atoms with Crippen LogP contribution in [0.4, 0.5) is 0 Å². The van der Waals surface area contributed by atoms with E-state index in [0.717, 1.165) is 5.92 Å². The lowest BCUT2D eigenvalue weighted by Gasteiger charge is -2.07. The lowest BCUT2D eigenvalue weighted by atomic mass is 10.1. The summed E-state index contributed by atoms with van der Waals surface area (Å²) in [6.45, 7) is 0. The topological polar surface area (TPSA) is 26.0 Å². The van der Waals surface area contributed by atoms with Gasteiger partial charge >= 0.3 is 0 Å². The van der Waals surface area contributed by atoms with Crippen molar-refractivity contribution < 1.29 is 0 Å². The van der Waals surface area contributed by atoms with Crippen LogP contribution in [0.1, 0.15) is 25.7 Å². The summed E-state index contributed by atoms with van der Waals surface area (Å²) in [5.74, 6) is 2.17. The molecule has 0 aromatic heterocycles. The van der Waals surface area contributed by atoms with Gasteiger partial charge in [-0.15, -0.1) is 0 Å². The molecular weight excluding hydrogens is 142 g/mol. The Morgan fingerprint density at radius 3 is 2.80 bits per heavy atom. The predicted molar refractivity (Wildman–Crippen MR) is 48.3 cm³/mol. The summed E-state index contributed by atoms with van der Waals surface area (Å²) in [5, 5.41) is 0. The molecular formula is C8H17NS. The van der Waals surface area contributed by atoms with Crippen LogP contribution in [0.2, 0.25) is 0 Å². The third kappa shape index (κ3) is 2.93. The molecule has 1 fully saturated rings. The molecule has 1 aliphatic rings. The standard InChI is InChI=1S/C8H17NS/c1-10-6-2-3-8(9)7-4-5-7/h7-8H,2-6,9H2,1H3. The molecule has 1 nitrogen and oxygen atoms in total. The normalized spacial score (nSPS) is 21.0. The maximum Gasteiger partial charge on any atom is 0.00674 e. The van der Waals surface area contributed by atoms with Gasteiger partial charge in [-0.25, -0.2) is 0 Å². The van der Waals surface area contributed by atoms with Gasteiger partial charge in [0, 0.05) is 6.04 Å². The number of thioether (sulfide) groups is 1. The second-order valence-corrected chi connectivity index (χ2v) is 4.12. The lowest BCUT2D eigenvalue weighted by molar-refractivity contribution is 0.545. The monoisotopic (exact) mass is 159 g/mol. The van der Waals surface area contributed by atoms with E-state index >= 15 is 0 Å². The molecule has 0 bridgehead atoms. The van der Waals surface area contributed by atoms with Gasteiger partial charge < -0.3 is 5.73 Å². The zero-order valence-electron chi connectivity index (χ0n) is 6.68. The van der Waals surface area contributed by atoms with Crippen molar-refractivity contribution in [3.8, 4) is 0 Å². The fraction of sp³-hybridized carbons (Fsp3) is 1.00. The molecule has 0 spiro atoms. The van der Waals surface area contributed by atoms with Crippen LogP contribution in [0, 0.1) is 5.92 Å². The van der Waals surface area contributed by atoms with E-state index in [2.05, 4.69) is 6.26 Å². The van der Waals surface area contributed by atoms with E-state index in [0.29, 0.717) is 6.04 Å². The van der Waals surface area contributed by atoms with E-state index in [1.165, 1.54) is 31.4 Å². The van der Waals surface area contributed by atoms with Gasteiger partial charge in [0.05, 0.1) is 0 Å². The van der Waals surface area contributed by atoms with Crippen LogP contribution in [0.5, 0.6) is 0 Å². The highest BCUT2D eigenvalue weighted by molar-refractivity contribution is 7.98. The van der Waals surface area contributed by atoms with E-state index in [9.17, 15) is 0 Å². The highest BCUT2D eigenvalue weighted by Gasteiger charge is 2.27. The van der Waals surface area contributed by atoms with Gasteiger partial charge in [0.15, 0.2) is 0 Å². The molecule has 0 aromatic rings. The maximum atomic E-state index is 5.91. The minimum absolute atomic E-state index is 0.521. The summed E-state index contributed by atoms with van der Waals surface area (Å²) in [6.07, 6.45) is 7.48. The van der Waals surface area contributed by atoms with Gasteiger partial charge in [0.1, 0.15) is 0 Å². The van der Waals surface area contributed by atoms with Gasteiger partial charge in [0.25, 0.3) is 0 Å². The first-order chi connectivity index (χ1) is 4.84. The van der Waals surface area contributed by atoms with E-state index in [1.807, 2.05) is 11.8 Å². The van der Waals surface area contributed by atoms with Crippen LogP contribution in [0.3, 0.4) is 0 Å². The Morgan fingerprint density at radius 1 is 1.60 bits per heavy atom. The largest absolute Gasteiger partial charge is 0.327 e. The van der Waals surface area contributed by atoms with Gasteiger partial charge in [-0.2, -0.15) is 11.8 Å². The Bertz CT molecular complexity index is 91.3. The quantitative estimate of drug-likeness (QED) is 0.620. The van der Waals surface area contributed by atoms with Gasteiger partial charge in [-0.3, -0.25) is 0 Å². The molecule has 60 valence electrons. The molecule has 0 aromatic carbocycles. The summed E-state index contributed by atoms with van der Waals surface area (Å²) < 4.78 is 0. The average molecular weight is 159 g/mol. The van der Waals surface area contributed by atoms with Crippen LogP contribution in [0.25, 0.3) is 0 Å². The first-order valence-electron chi connectivity index (χ1n) is 4.09. The Hall–Kier alpha value is 0.310. The van der Waals surface area contributed by atoms with Crippen molar-refractivity contribution >= 4 is 11.8 Å². The van der Waals surface area contributed by atoms with Crippen LogP contribution in [-0.4, -0.2) is 18.1 Å². The number of rotatable bonds is 5. The molecule has 2 heteroatoms. The Kier molecular flexibility index (Phi) is 3.57. The maximum absolute atomic E-state index is 5.91. The summed E-state index contributed by atoms with van der Waals surface area (Å²) in [4.78, 5) is 0. The SMILES string of the molecule is CSCCCC(N)C1CC1. The van der Waals surface area contributed by atoms with Crippen molar-refractivity contribution in [1.29, 1.82) is 0 Å². The molecule has 10 heavy (non-hydrogen) atoms. The Labute approximate surface area is 67.8 Å². The van der Waals surface area contributed by atoms with E-state index in [1.54, 1.807) is 0 Å². The van der Waals surface area contributed by atoms with Gasteiger partial charge in [-0.05, 0) is 43.6 Å². The molecule has 0 heterocycles. The van der Waals surface area contributed by atoms with Crippen LogP contribution < -0.4 is 5.73 Å². The molecule has 0 radical (unpaired) electrons. The third-order valence-electron chi connectivity index (χ3n) is 2.11. The number of hydrogen-bond acceptors (Lipinski definition) is 2. The summed E-state index contributed by atoms with van der Waals surface area (Å²) >= 11 is 1.92. The number of nitrogens with two attached hydrogens (primary N) is 1.